The van der Waals surface area contributed by atoms with Crippen LogP contribution in [0.4, 0.5) is 0 Å². The molecule has 0 atom stereocenters. The first-order chi connectivity index (χ1) is 11.6. The van der Waals surface area contributed by atoms with Gasteiger partial charge in [-0.1, -0.05) is 0 Å². The Labute approximate surface area is 142 Å². The Bertz CT molecular complexity index is 913. The van der Waals surface area contributed by atoms with Gasteiger partial charge < -0.3 is 19.2 Å². The van der Waals surface area contributed by atoms with Crippen molar-refractivity contribution in [3.63, 3.8) is 0 Å². The van der Waals surface area contributed by atoms with Crippen LogP contribution in [0.1, 0.15) is 18.2 Å². The molecule has 0 amide bonds. The number of thioether (sulfide) groups is 1. The minimum Gasteiger partial charge on any atom is -0.508 e. The van der Waals surface area contributed by atoms with Gasteiger partial charge in [0.05, 0.1) is 13.2 Å². The van der Waals surface area contributed by atoms with Crippen molar-refractivity contribution in [3.05, 3.63) is 34.4 Å². The van der Waals surface area contributed by atoms with Gasteiger partial charge in [0.25, 0.3) is 0 Å². The van der Waals surface area contributed by atoms with E-state index in [1.54, 1.807) is 19.1 Å². The van der Waals surface area contributed by atoms with Gasteiger partial charge in [0.1, 0.15) is 21.9 Å². The molecule has 2 aliphatic heterocycles. The summed E-state index contributed by atoms with van der Waals surface area (Å²) in [5.41, 5.74) is 2.12. The lowest BCUT2D eigenvalue weighted by molar-refractivity contribution is -0.137. The van der Waals surface area contributed by atoms with Crippen LogP contribution in [0.5, 0.6) is 5.75 Å². The van der Waals surface area contributed by atoms with Crippen molar-refractivity contribution in [1.29, 1.82) is 0 Å². The predicted octanol–water partition coefficient (Wildman–Crippen LogP) is 3.10. The number of carbonyl (C=O) groups is 1. The predicted molar refractivity (Wildman–Crippen MR) is 92.8 cm³/mol. The summed E-state index contributed by atoms with van der Waals surface area (Å²) in [6, 6.07) is 5.20. The van der Waals surface area contributed by atoms with E-state index in [4.69, 9.17) is 9.15 Å². The fourth-order valence-electron chi connectivity index (χ4n) is 2.92. The number of nitrogens with zero attached hydrogens (tertiary/aromatic N) is 2. The number of aryl methyl sites for hydroxylation is 1. The van der Waals surface area contributed by atoms with Crippen molar-refractivity contribution in [2.75, 3.05) is 19.7 Å². The fraction of sp³-hybridized carbons (Fsp3) is 0.294. The van der Waals surface area contributed by atoms with E-state index in [-0.39, 0.29) is 11.7 Å². The maximum atomic E-state index is 12.3. The summed E-state index contributed by atoms with van der Waals surface area (Å²) in [5.74, 6) is 0.439. The standard InChI is InChI=1S/C17H16N2O4S/c1-3-22-16(21)15-14(19-7-6-18-17(19)24-15)13-8-10-9(2)11(20)4-5-12(10)23-13/h4-5,8,20H,3,6-7H2,1-2H3. The van der Waals surface area contributed by atoms with Gasteiger partial charge in [0.2, 0.25) is 0 Å². The lowest BCUT2D eigenvalue weighted by Gasteiger charge is -2.14. The summed E-state index contributed by atoms with van der Waals surface area (Å²) in [7, 11) is 0. The monoisotopic (exact) mass is 344 g/mol. The molecule has 124 valence electrons. The molecule has 7 heteroatoms. The molecule has 0 unspecified atom stereocenters. The van der Waals surface area contributed by atoms with Gasteiger partial charge >= 0.3 is 5.97 Å². The van der Waals surface area contributed by atoms with Crippen LogP contribution in [-0.2, 0) is 9.53 Å². The second-order valence-electron chi connectivity index (χ2n) is 5.55. The number of fused-ring (bicyclic) bond motifs is 2. The summed E-state index contributed by atoms with van der Waals surface area (Å²) in [6.45, 7) is 5.34. The Kier molecular flexibility index (Phi) is 3.53. The Morgan fingerprint density at radius 2 is 2.33 bits per heavy atom. The number of hydrogen-bond donors (Lipinski definition) is 1. The van der Waals surface area contributed by atoms with Crippen molar-refractivity contribution < 1.29 is 19.1 Å². The van der Waals surface area contributed by atoms with Gasteiger partial charge in [0.15, 0.2) is 10.9 Å². The number of aliphatic imine (C=N–C) groups is 1. The minimum absolute atomic E-state index is 0.221. The molecule has 0 saturated carbocycles. The number of esters is 1. The number of amidine groups is 1. The molecule has 1 N–H and O–H groups in total. The molecule has 0 bridgehead atoms. The fourth-order valence-corrected chi connectivity index (χ4v) is 4.00. The molecule has 6 nitrogen and oxygen atoms in total. The molecule has 2 aliphatic rings. The molecular weight excluding hydrogens is 328 g/mol. The number of benzene rings is 1. The normalized spacial score (nSPS) is 16.8. The third-order valence-corrected chi connectivity index (χ3v) is 5.21. The van der Waals surface area contributed by atoms with Crippen LogP contribution >= 0.6 is 11.8 Å². The summed E-state index contributed by atoms with van der Waals surface area (Å²) in [6.07, 6.45) is 0. The van der Waals surface area contributed by atoms with Gasteiger partial charge in [-0.2, -0.15) is 0 Å². The Balaban J connectivity index is 1.87. The quantitative estimate of drug-likeness (QED) is 0.863. The van der Waals surface area contributed by atoms with Crippen LogP contribution in [0.25, 0.3) is 16.7 Å². The molecule has 0 aliphatic carbocycles. The van der Waals surface area contributed by atoms with Gasteiger partial charge in [0, 0.05) is 17.5 Å². The zero-order valence-electron chi connectivity index (χ0n) is 13.3. The first-order valence-electron chi connectivity index (χ1n) is 7.74. The second kappa shape index (κ2) is 5.59. The topological polar surface area (TPSA) is 75.3 Å². The molecular formula is C17H16N2O4S. The summed E-state index contributed by atoms with van der Waals surface area (Å²) in [4.78, 5) is 19.2. The zero-order chi connectivity index (χ0) is 16.8. The number of aromatic hydroxyl groups is 1. The van der Waals surface area contributed by atoms with E-state index in [2.05, 4.69) is 4.99 Å². The zero-order valence-corrected chi connectivity index (χ0v) is 14.1. The summed E-state index contributed by atoms with van der Waals surface area (Å²) < 4.78 is 11.1. The van der Waals surface area contributed by atoms with Gasteiger partial charge in [-0.05, 0) is 43.8 Å². The smallest absolute Gasteiger partial charge is 0.347 e. The SMILES string of the molecule is CCOC(=O)C1=C(c2cc3c(C)c(O)ccc3o2)N2CCN=C2S1. The first-order valence-corrected chi connectivity index (χ1v) is 8.55. The van der Waals surface area contributed by atoms with E-state index < -0.39 is 0 Å². The van der Waals surface area contributed by atoms with E-state index in [1.165, 1.54) is 11.8 Å². The lowest BCUT2D eigenvalue weighted by atomic mass is 10.1. The highest BCUT2D eigenvalue weighted by Gasteiger charge is 2.38. The van der Waals surface area contributed by atoms with Crippen LogP contribution in [0.2, 0.25) is 0 Å². The third kappa shape index (κ3) is 2.19. The average molecular weight is 344 g/mol. The van der Waals surface area contributed by atoms with E-state index in [1.807, 2.05) is 17.9 Å². The van der Waals surface area contributed by atoms with Crippen LogP contribution in [0, 0.1) is 6.92 Å². The highest BCUT2D eigenvalue weighted by Crippen LogP contribution is 2.44. The van der Waals surface area contributed by atoms with Crippen LogP contribution in [-0.4, -0.2) is 40.8 Å². The second-order valence-corrected chi connectivity index (χ2v) is 6.53. The van der Waals surface area contributed by atoms with Crippen molar-refractivity contribution in [3.8, 4) is 5.75 Å². The maximum Gasteiger partial charge on any atom is 0.347 e. The molecule has 0 fully saturated rings. The molecule has 1 aromatic heterocycles. The highest BCUT2D eigenvalue weighted by atomic mass is 32.2. The van der Waals surface area contributed by atoms with Gasteiger partial charge in [-0.15, -0.1) is 0 Å². The third-order valence-electron chi connectivity index (χ3n) is 4.12. The van der Waals surface area contributed by atoms with Gasteiger partial charge in [-0.3, -0.25) is 4.99 Å². The number of carbonyl (C=O) groups excluding carboxylic acids is 1. The highest BCUT2D eigenvalue weighted by molar-refractivity contribution is 8.18. The number of phenolic OH excluding ortho intramolecular Hbond substituents is 1. The number of phenols is 1. The van der Waals surface area contributed by atoms with E-state index in [0.29, 0.717) is 41.6 Å². The van der Waals surface area contributed by atoms with Gasteiger partial charge in [-0.25, -0.2) is 4.79 Å². The molecule has 0 spiro atoms. The van der Waals surface area contributed by atoms with Crippen molar-refractivity contribution in [2.24, 2.45) is 4.99 Å². The number of rotatable bonds is 3. The average Bonchev–Trinajstić information content (AvgIpc) is 3.24. The van der Waals surface area contributed by atoms with Crippen molar-refractivity contribution in [1.82, 2.24) is 4.90 Å². The van der Waals surface area contributed by atoms with E-state index >= 15 is 0 Å². The van der Waals surface area contributed by atoms with E-state index in [0.717, 1.165) is 16.1 Å². The minimum atomic E-state index is -0.366. The Morgan fingerprint density at radius 1 is 1.50 bits per heavy atom. The van der Waals surface area contributed by atoms with E-state index in [9.17, 15) is 9.90 Å². The molecule has 2 aromatic rings. The summed E-state index contributed by atoms with van der Waals surface area (Å²) in [5, 5.41) is 11.5. The van der Waals surface area contributed by atoms with Crippen molar-refractivity contribution in [2.45, 2.75) is 13.8 Å². The molecule has 3 heterocycles. The molecule has 1 aromatic carbocycles. The number of ether oxygens (including phenoxy) is 1. The molecule has 0 radical (unpaired) electrons. The van der Waals surface area contributed by atoms with Crippen LogP contribution in [0.3, 0.4) is 0 Å². The number of furan rings is 1. The molecule has 4 rings (SSSR count). The maximum absolute atomic E-state index is 12.3. The molecule has 0 saturated heterocycles. The molecule has 24 heavy (non-hydrogen) atoms. The number of hydrogen-bond acceptors (Lipinski definition) is 7. The van der Waals surface area contributed by atoms with Crippen molar-refractivity contribution >= 4 is 39.6 Å². The first kappa shape index (κ1) is 15.1. The van der Waals surface area contributed by atoms with Crippen LogP contribution < -0.4 is 0 Å². The summed E-state index contributed by atoms with van der Waals surface area (Å²) >= 11 is 1.32. The lowest BCUT2D eigenvalue weighted by Crippen LogP contribution is -2.20. The Morgan fingerprint density at radius 3 is 3.12 bits per heavy atom. The largest absolute Gasteiger partial charge is 0.508 e. The Hall–Kier alpha value is -2.41. The van der Waals surface area contributed by atoms with Crippen LogP contribution in [0.15, 0.2) is 32.5 Å².